The van der Waals surface area contributed by atoms with Crippen molar-refractivity contribution in [2.75, 3.05) is 39.5 Å². The van der Waals surface area contributed by atoms with Crippen LogP contribution < -0.4 is 5.73 Å². The van der Waals surface area contributed by atoms with E-state index < -0.39 is 0 Å². The second-order valence-corrected chi connectivity index (χ2v) is 4.16. The molecule has 6 heteroatoms. The fourth-order valence-corrected chi connectivity index (χ4v) is 1.43. The monoisotopic (exact) mass is 239 g/mol. The third-order valence-corrected chi connectivity index (χ3v) is 2.61. The maximum absolute atomic E-state index is 11.6. The number of nitrogens with zero attached hydrogens (tertiary/aromatic N) is 4. The minimum Gasteiger partial charge on any atom is -0.382 e. The van der Waals surface area contributed by atoms with Crippen molar-refractivity contribution in [3.05, 3.63) is 12.3 Å². The van der Waals surface area contributed by atoms with Gasteiger partial charge in [-0.1, -0.05) is 6.92 Å². The van der Waals surface area contributed by atoms with Crippen LogP contribution in [0.25, 0.3) is 0 Å². The third kappa shape index (κ3) is 4.44. The van der Waals surface area contributed by atoms with E-state index in [-0.39, 0.29) is 5.91 Å². The lowest BCUT2D eigenvalue weighted by Gasteiger charge is -2.21. The number of likely N-dealkylation sites (N-methyl/N-ethyl adjacent to an activating group) is 2. The zero-order valence-electron chi connectivity index (χ0n) is 10.8. The van der Waals surface area contributed by atoms with Crippen LogP contribution >= 0.6 is 0 Å². The molecule has 6 nitrogen and oxygen atoms in total. The standard InChI is InChI=1S/C11H21N5O/c1-4-15(9-11(17)14(2)3)7-8-16-6-5-10(12)13-16/h5-6H,4,7-9H2,1-3H3,(H2,12,13). The molecule has 0 spiro atoms. The summed E-state index contributed by atoms with van der Waals surface area (Å²) in [6.45, 7) is 4.86. The van der Waals surface area contributed by atoms with E-state index in [0.29, 0.717) is 12.4 Å². The molecule has 0 saturated carbocycles. The molecule has 0 aromatic carbocycles. The van der Waals surface area contributed by atoms with Gasteiger partial charge < -0.3 is 10.6 Å². The molecule has 0 radical (unpaired) electrons. The molecule has 0 unspecified atom stereocenters. The highest BCUT2D eigenvalue weighted by Gasteiger charge is 2.10. The number of nitrogen functional groups attached to an aromatic ring is 1. The Kier molecular flexibility index (Phi) is 4.96. The number of carbonyl (C=O) groups is 1. The first-order valence-electron chi connectivity index (χ1n) is 5.74. The Morgan fingerprint density at radius 1 is 1.53 bits per heavy atom. The number of rotatable bonds is 6. The number of amides is 1. The van der Waals surface area contributed by atoms with E-state index in [0.717, 1.165) is 19.6 Å². The average Bonchev–Trinajstić information content (AvgIpc) is 2.69. The van der Waals surface area contributed by atoms with Crippen molar-refractivity contribution in [3.8, 4) is 0 Å². The van der Waals surface area contributed by atoms with Crippen LogP contribution in [0, 0.1) is 0 Å². The normalized spacial score (nSPS) is 10.8. The number of hydrogen-bond acceptors (Lipinski definition) is 4. The Bertz CT molecular complexity index is 360. The quantitative estimate of drug-likeness (QED) is 0.751. The van der Waals surface area contributed by atoms with Gasteiger partial charge in [0.1, 0.15) is 5.82 Å². The fourth-order valence-electron chi connectivity index (χ4n) is 1.43. The van der Waals surface area contributed by atoms with E-state index in [1.54, 1.807) is 29.7 Å². The Morgan fingerprint density at radius 2 is 2.24 bits per heavy atom. The lowest BCUT2D eigenvalue weighted by atomic mass is 10.4. The van der Waals surface area contributed by atoms with E-state index in [2.05, 4.69) is 10.00 Å². The predicted molar refractivity (Wildman–Crippen MR) is 67.4 cm³/mol. The van der Waals surface area contributed by atoms with Gasteiger partial charge in [-0.2, -0.15) is 5.10 Å². The summed E-state index contributed by atoms with van der Waals surface area (Å²) in [6.07, 6.45) is 1.84. The molecule has 0 aliphatic carbocycles. The van der Waals surface area contributed by atoms with Crippen LogP contribution in [0.15, 0.2) is 12.3 Å². The maximum Gasteiger partial charge on any atom is 0.236 e. The van der Waals surface area contributed by atoms with Gasteiger partial charge in [-0.15, -0.1) is 0 Å². The Balaban J connectivity index is 2.39. The highest BCUT2D eigenvalue weighted by atomic mass is 16.2. The fraction of sp³-hybridized carbons (Fsp3) is 0.636. The summed E-state index contributed by atoms with van der Waals surface area (Å²) in [5.74, 6) is 0.643. The van der Waals surface area contributed by atoms with Crippen molar-refractivity contribution in [3.63, 3.8) is 0 Å². The molecule has 1 heterocycles. The molecule has 0 bridgehead atoms. The van der Waals surface area contributed by atoms with Gasteiger partial charge in [-0.3, -0.25) is 14.4 Å². The number of hydrogen-bond donors (Lipinski definition) is 1. The third-order valence-electron chi connectivity index (χ3n) is 2.61. The Labute approximate surface area is 102 Å². The van der Waals surface area contributed by atoms with Crippen LogP contribution in [-0.4, -0.2) is 59.2 Å². The molecule has 0 aliphatic heterocycles. The zero-order valence-corrected chi connectivity index (χ0v) is 10.8. The van der Waals surface area contributed by atoms with Crippen molar-refractivity contribution in [1.29, 1.82) is 0 Å². The summed E-state index contributed by atoms with van der Waals surface area (Å²) in [6, 6.07) is 1.77. The lowest BCUT2D eigenvalue weighted by molar-refractivity contribution is -0.129. The largest absolute Gasteiger partial charge is 0.382 e. The van der Waals surface area contributed by atoms with Crippen molar-refractivity contribution in [1.82, 2.24) is 19.6 Å². The van der Waals surface area contributed by atoms with E-state index in [9.17, 15) is 4.79 Å². The van der Waals surface area contributed by atoms with Crippen LogP contribution in [0.3, 0.4) is 0 Å². The minimum atomic E-state index is 0.117. The van der Waals surface area contributed by atoms with Crippen LogP contribution in [0.5, 0.6) is 0 Å². The van der Waals surface area contributed by atoms with Gasteiger partial charge in [0, 0.05) is 26.8 Å². The van der Waals surface area contributed by atoms with E-state index >= 15 is 0 Å². The molecule has 1 aromatic heterocycles. The molecule has 17 heavy (non-hydrogen) atoms. The van der Waals surface area contributed by atoms with Gasteiger partial charge in [-0.25, -0.2) is 0 Å². The Morgan fingerprint density at radius 3 is 2.71 bits per heavy atom. The van der Waals surface area contributed by atoms with Crippen molar-refractivity contribution in [2.45, 2.75) is 13.5 Å². The smallest absolute Gasteiger partial charge is 0.236 e. The van der Waals surface area contributed by atoms with Crippen LogP contribution in [-0.2, 0) is 11.3 Å². The van der Waals surface area contributed by atoms with E-state index in [4.69, 9.17) is 5.73 Å². The van der Waals surface area contributed by atoms with Crippen LogP contribution in [0.1, 0.15) is 6.92 Å². The second-order valence-electron chi connectivity index (χ2n) is 4.16. The minimum absolute atomic E-state index is 0.117. The summed E-state index contributed by atoms with van der Waals surface area (Å²) < 4.78 is 1.79. The van der Waals surface area contributed by atoms with E-state index in [1.807, 2.05) is 13.1 Å². The lowest BCUT2D eigenvalue weighted by Crippen LogP contribution is -2.38. The number of carbonyl (C=O) groups excluding carboxylic acids is 1. The first-order chi connectivity index (χ1) is 8.02. The Hall–Kier alpha value is -1.56. The summed E-state index contributed by atoms with van der Waals surface area (Å²) in [7, 11) is 3.54. The number of nitrogens with two attached hydrogens (primary N) is 1. The van der Waals surface area contributed by atoms with Gasteiger partial charge in [0.05, 0.1) is 13.1 Å². The predicted octanol–water partition coefficient (Wildman–Crippen LogP) is -0.125. The number of aromatic nitrogens is 2. The molecule has 96 valence electrons. The zero-order chi connectivity index (χ0) is 12.8. The van der Waals surface area contributed by atoms with E-state index in [1.165, 1.54) is 0 Å². The molecule has 0 saturated heterocycles. The summed E-state index contributed by atoms with van der Waals surface area (Å²) in [5.41, 5.74) is 5.53. The highest BCUT2D eigenvalue weighted by molar-refractivity contribution is 5.77. The molecule has 1 amide bonds. The SMILES string of the molecule is CCN(CCn1ccc(N)n1)CC(=O)N(C)C. The molecule has 0 atom stereocenters. The average molecular weight is 239 g/mol. The molecule has 1 aromatic rings. The highest BCUT2D eigenvalue weighted by Crippen LogP contribution is 1.97. The van der Waals surface area contributed by atoms with Crippen LogP contribution in [0.4, 0.5) is 5.82 Å². The van der Waals surface area contributed by atoms with Crippen molar-refractivity contribution >= 4 is 11.7 Å². The number of anilines is 1. The van der Waals surface area contributed by atoms with Crippen LogP contribution in [0.2, 0.25) is 0 Å². The van der Waals surface area contributed by atoms with Crippen molar-refractivity contribution < 1.29 is 4.79 Å². The first-order valence-corrected chi connectivity index (χ1v) is 5.74. The van der Waals surface area contributed by atoms with Gasteiger partial charge in [0.15, 0.2) is 0 Å². The summed E-state index contributed by atoms with van der Waals surface area (Å²) >= 11 is 0. The maximum atomic E-state index is 11.6. The summed E-state index contributed by atoms with van der Waals surface area (Å²) in [5, 5.41) is 4.10. The molecule has 1 rings (SSSR count). The van der Waals surface area contributed by atoms with Gasteiger partial charge in [0.25, 0.3) is 0 Å². The molecular formula is C11H21N5O. The van der Waals surface area contributed by atoms with Gasteiger partial charge in [-0.05, 0) is 12.6 Å². The van der Waals surface area contributed by atoms with Gasteiger partial charge in [0.2, 0.25) is 5.91 Å². The second kappa shape index (κ2) is 6.24. The molecule has 0 aliphatic rings. The molecule has 0 fully saturated rings. The van der Waals surface area contributed by atoms with Crippen molar-refractivity contribution in [2.24, 2.45) is 0 Å². The molecule has 2 N–H and O–H groups in total. The molecular weight excluding hydrogens is 218 g/mol. The summed E-state index contributed by atoms with van der Waals surface area (Å²) in [4.78, 5) is 15.3. The first kappa shape index (κ1) is 13.5. The topological polar surface area (TPSA) is 67.4 Å². The van der Waals surface area contributed by atoms with Gasteiger partial charge >= 0.3 is 0 Å².